The topological polar surface area (TPSA) is 33.5 Å². The lowest BCUT2D eigenvalue weighted by Crippen LogP contribution is -2.34. The molecule has 1 aromatic rings. The number of nitrogens with zero attached hydrogens (tertiary/aromatic N) is 1. The summed E-state index contributed by atoms with van der Waals surface area (Å²) < 4.78 is 4.83. The number of furan rings is 1. The number of hydrogen-bond acceptors (Lipinski definition) is 2. The van der Waals surface area contributed by atoms with Gasteiger partial charge in [-0.2, -0.15) is 0 Å². The van der Waals surface area contributed by atoms with E-state index in [-0.39, 0.29) is 5.91 Å². The highest BCUT2D eigenvalue weighted by atomic mass is 35.5. The van der Waals surface area contributed by atoms with E-state index in [0.717, 1.165) is 0 Å². The number of alkyl halides is 2. The molecule has 0 N–H and O–H groups in total. The van der Waals surface area contributed by atoms with E-state index < -0.39 is 0 Å². The van der Waals surface area contributed by atoms with Gasteiger partial charge in [-0.05, 0) is 6.07 Å². The van der Waals surface area contributed by atoms with Gasteiger partial charge in [-0.1, -0.05) is 0 Å². The normalized spacial score (nSPS) is 10.1. The van der Waals surface area contributed by atoms with E-state index in [1.54, 1.807) is 11.0 Å². The summed E-state index contributed by atoms with van der Waals surface area (Å²) in [4.78, 5) is 13.3. The molecular weight excluding hydrogens is 225 g/mol. The first-order chi connectivity index (χ1) is 6.79. The van der Waals surface area contributed by atoms with E-state index in [1.807, 2.05) is 0 Å². The Morgan fingerprint density at radius 3 is 2.43 bits per heavy atom. The van der Waals surface area contributed by atoms with Crippen LogP contribution in [0, 0.1) is 0 Å². The van der Waals surface area contributed by atoms with Gasteiger partial charge in [-0.3, -0.25) is 4.79 Å². The van der Waals surface area contributed by atoms with Crippen molar-refractivity contribution in [1.82, 2.24) is 4.90 Å². The summed E-state index contributed by atoms with van der Waals surface area (Å²) in [7, 11) is 0. The lowest BCUT2D eigenvalue weighted by Gasteiger charge is -2.19. The Morgan fingerprint density at radius 2 is 2.00 bits per heavy atom. The molecule has 0 bridgehead atoms. The SMILES string of the molecule is O=C(c1ccoc1)N(CCCl)CCCl. The van der Waals surface area contributed by atoms with Crippen LogP contribution in [0.5, 0.6) is 0 Å². The monoisotopic (exact) mass is 235 g/mol. The Labute approximate surface area is 92.6 Å². The smallest absolute Gasteiger partial charge is 0.257 e. The van der Waals surface area contributed by atoms with E-state index in [1.165, 1.54) is 12.5 Å². The zero-order valence-corrected chi connectivity index (χ0v) is 9.09. The highest BCUT2D eigenvalue weighted by Gasteiger charge is 2.15. The molecule has 1 aromatic heterocycles. The van der Waals surface area contributed by atoms with Crippen molar-refractivity contribution in [2.75, 3.05) is 24.8 Å². The molecular formula is C9H11Cl2NO2. The van der Waals surface area contributed by atoms with E-state index >= 15 is 0 Å². The van der Waals surface area contributed by atoms with Crippen molar-refractivity contribution in [1.29, 1.82) is 0 Å². The van der Waals surface area contributed by atoms with Crippen LogP contribution in [0.2, 0.25) is 0 Å². The van der Waals surface area contributed by atoms with Crippen LogP contribution in [0.3, 0.4) is 0 Å². The Bertz CT molecular complexity index is 268. The molecule has 0 aromatic carbocycles. The summed E-state index contributed by atoms with van der Waals surface area (Å²) in [5, 5.41) is 0. The van der Waals surface area contributed by atoms with Gasteiger partial charge >= 0.3 is 0 Å². The minimum Gasteiger partial charge on any atom is -0.472 e. The Hall–Kier alpha value is -0.670. The van der Waals surface area contributed by atoms with Crippen molar-refractivity contribution >= 4 is 29.1 Å². The van der Waals surface area contributed by atoms with E-state index in [9.17, 15) is 4.79 Å². The number of amides is 1. The van der Waals surface area contributed by atoms with Crippen LogP contribution in [-0.4, -0.2) is 35.7 Å². The summed E-state index contributed by atoms with van der Waals surface area (Å²) >= 11 is 11.2. The van der Waals surface area contributed by atoms with Gasteiger partial charge in [0.2, 0.25) is 0 Å². The summed E-state index contributed by atoms with van der Waals surface area (Å²) in [5.74, 6) is 0.709. The van der Waals surface area contributed by atoms with Crippen molar-refractivity contribution in [3.63, 3.8) is 0 Å². The standard InChI is InChI=1S/C9H11Cl2NO2/c10-2-4-12(5-3-11)9(13)8-1-6-14-7-8/h1,6-7H,2-5H2. The minimum absolute atomic E-state index is 0.0972. The average molecular weight is 236 g/mol. The van der Waals surface area contributed by atoms with Crippen LogP contribution in [-0.2, 0) is 0 Å². The Kier molecular flexibility index (Phi) is 4.84. The number of carbonyl (C=O) groups excluding carboxylic acids is 1. The Morgan fingerprint density at radius 1 is 1.36 bits per heavy atom. The highest BCUT2D eigenvalue weighted by Crippen LogP contribution is 2.06. The van der Waals surface area contributed by atoms with Gasteiger partial charge in [-0.15, -0.1) is 23.2 Å². The molecule has 14 heavy (non-hydrogen) atoms. The molecule has 1 heterocycles. The van der Waals surface area contributed by atoms with Gasteiger partial charge in [0, 0.05) is 24.8 Å². The van der Waals surface area contributed by atoms with Gasteiger partial charge in [0.25, 0.3) is 5.91 Å². The van der Waals surface area contributed by atoms with Crippen LogP contribution >= 0.6 is 23.2 Å². The molecule has 1 rings (SSSR count). The van der Waals surface area contributed by atoms with Gasteiger partial charge in [0.05, 0.1) is 11.8 Å². The maximum atomic E-state index is 11.7. The maximum absolute atomic E-state index is 11.7. The summed E-state index contributed by atoms with van der Waals surface area (Å²) in [6.45, 7) is 0.997. The van der Waals surface area contributed by atoms with Gasteiger partial charge in [0.15, 0.2) is 0 Å². The fourth-order valence-electron chi connectivity index (χ4n) is 1.09. The van der Waals surface area contributed by atoms with Crippen LogP contribution in [0.25, 0.3) is 0 Å². The summed E-state index contributed by atoms with van der Waals surface area (Å²) in [5.41, 5.74) is 0.528. The lowest BCUT2D eigenvalue weighted by atomic mass is 10.3. The maximum Gasteiger partial charge on any atom is 0.257 e. The van der Waals surface area contributed by atoms with Crippen LogP contribution in [0.4, 0.5) is 0 Å². The minimum atomic E-state index is -0.0972. The van der Waals surface area contributed by atoms with E-state index in [0.29, 0.717) is 30.4 Å². The zero-order valence-electron chi connectivity index (χ0n) is 7.58. The predicted molar refractivity (Wildman–Crippen MR) is 56.1 cm³/mol. The van der Waals surface area contributed by atoms with Gasteiger partial charge in [0.1, 0.15) is 6.26 Å². The van der Waals surface area contributed by atoms with Gasteiger partial charge in [-0.25, -0.2) is 0 Å². The van der Waals surface area contributed by atoms with Gasteiger partial charge < -0.3 is 9.32 Å². The number of hydrogen-bond donors (Lipinski definition) is 0. The Balaban J connectivity index is 2.63. The molecule has 0 fully saturated rings. The third-order valence-electron chi connectivity index (χ3n) is 1.76. The molecule has 0 saturated carbocycles. The molecule has 78 valence electrons. The van der Waals surface area contributed by atoms with E-state index in [2.05, 4.69) is 0 Å². The van der Waals surface area contributed by atoms with Crippen molar-refractivity contribution in [2.45, 2.75) is 0 Å². The van der Waals surface area contributed by atoms with Crippen LogP contribution in [0.1, 0.15) is 10.4 Å². The van der Waals surface area contributed by atoms with E-state index in [4.69, 9.17) is 27.6 Å². The largest absolute Gasteiger partial charge is 0.472 e. The predicted octanol–water partition coefficient (Wildman–Crippen LogP) is 2.20. The summed E-state index contributed by atoms with van der Waals surface area (Å²) in [6, 6.07) is 1.62. The van der Waals surface area contributed by atoms with Crippen molar-refractivity contribution in [2.24, 2.45) is 0 Å². The number of halogens is 2. The fourth-order valence-corrected chi connectivity index (χ4v) is 1.50. The molecule has 1 amide bonds. The van der Waals surface area contributed by atoms with Crippen LogP contribution < -0.4 is 0 Å². The first-order valence-corrected chi connectivity index (χ1v) is 5.30. The lowest BCUT2D eigenvalue weighted by molar-refractivity contribution is 0.0774. The molecule has 3 nitrogen and oxygen atoms in total. The highest BCUT2D eigenvalue weighted by molar-refractivity contribution is 6.18. The first kappa shape index (κ1) is 11.4. The number of rotatable bonds is 5. The molecule has 0 aliphatic heterocycles. The van der Waals surface area contributed by atoms with Crippen LogP contribution in [0.15, 0.2) is 23.0 Å². The zero-order chi connectivity index (χ0) is 10.4. The average Bonchev–Trinajstić information content (AvgIpc) is 2.69. The van der Waals surface area contributed by atoms with Crippen molar-refractivity contribution in [3.8, 4) is 0 Å². The number of carbonyl (C=O) groups is 1. The second kappa shape index (κ2) is 5.94. The molecule has 0 atom stereocenters. The quantitative estimate of drug-likeness (QED) is 0.734. The molecule has 0 radical (unpaired) electrons. The third-order valence-corrected chi connectivity index (χ3v) is 2.10. The fraction of sp³-hybridized carbons (Fsp3) is 0.444. The molecule has 0 aliphatic carbocycles. The second-order valence-electron chi connectivity index (χ2n) is 2.68. The molecule has 0 unspecified atom stereocenters. The molecule has 0 saturated heterocycles. The molecule has 0 aliphatic rings. The molecule has 0 spiro atoms. The van der Waals surface area contributed by atoms with Crippen molar-refractivity contribution < 1.29 is 9.21 Å². The van der Waals surface area contributed by atoms with Crippen molar-refractivity contribution in [3.05, 3.63) is 24.2 Å². The third kappa shape index (κ3) is 2.93. The summed E-state index contributed by atoms with van der Waals surface area (Å²) in [6.07, 6.45) is 2.88. The first-order valence-electron chi connectivity index (χ1n) is 4.23. The second-order valence-corrected chi connectivity index (χ2v) is 3.44. The molecule has 5 heteroatoms.